The predicted molar refractivity (Wildman–Crippen MR) is 94.4 cm³/mol. The fraction of sp³-hybridized carbons (Fsp3) is 0.474. The predicted octanol–water partition coefficient (Wildman–Crippen LogP) is 2.28. The molecule has 128 valence electrons. The summed E-state index contributed by atoms with van der Waals surface area (Å²) in [5.41, 5.74) is 1.28. The number of nitrogens with one attached hydrogen (secondary N) is 1. The number of hydrogen-bond donors (Lipinski definition) is 1. The molecule has 1 fully saturated rings. The van der Waals surface area contributed by atoms with Crippen molar-refractivity contribution < 1.29 is 4.79 Å². The lowest BCUT2D eigenvalue weighted by molar-refractivity contribution is -0.130. The molecular formula is C19H26N4O. The van der Waals surface area contributed by atoms with Gasteiger partial charge in [0.2, 0.25) is 5.91 Å². The lowest BCUT2D eigenvalue weighted by Crippen LogP contribution is -2.49. The van der Waals surface area contributed by atoms with Crippen LogP contribution in [0.3, 0.4) is 0 Å². The van der Waals surface area contributed by atoms with Gasteiger partial charge in [-0.2, -0.15) is 0 Å². The van der Waals surface area contributed by atoms with E-state index in [1.54, 1.807) is 6.92 Å². The number of nitrogens with zero attached hydrogens (tertiary/aromatic N) is 3. The van der Waals surface area contributed by atoms with Gasteiger partial charge in [-0.3, -0.25) is 4.79 Å². The van der Waals surface area contributed by atoms with Gasteiger partial charge in [-0.05, 0) is 17.9 Å². The van der Waals surface area contributed by atoms with E-state index in [1.165, 1.54) is 5.56 Å². The van der Waals surface area contributed by atoms with E-state index in [2.05, 4.69) is 46.1 Å². The average molecular weight is 326 g/mol. The Balaban J connectivity index is 1.56. The van der Waals surface area contributed by atoms with E-state index in [1.807, 2.05) is 23.4 Å². The Morgan fingerprint density at radius 2 is 2.12 bits per heavy atom. The minimum Gasteiger partial charge on any atom is -0.343 e. The largest absolute Gasteiger partial charge is 0.343 e. The zero-order valence-electron chi connectivity index (χ0n) is 14.5. The smallest absolute Gasteiger partial charge is 0.219 e. The van der Waals surface area contributed by atoms with E-state index in [-0.39, 0.29) is 5.91 Å². The molecule has 1 amide bonds. The van der Waals surface area contributed by atoms with Crippen LogP contribution in [0.25, 0.3) is 0 Å². The molecule has 0 radical (unpaired) electrons. The molecule has 0 bridgehead atoms. The summed E-state index contributed by atoms with van der Waals surface area (Å²) in [7, 11) is 0. The molecule has 1 aliphatic rings. The molecule has 2 aromatic rings. The van der Waals surface area contributed by atoms with E-state index in [4.69, 9.17) is 0 Å². The van der Waals surface area contributed by atoms with Crippen molar-refractivity contribution in [2.45, 2.75) is 39.4 Å². The zero-order chi connectivity index (χ0) is 16.9. The number of amides is 1. The van der Waals surface area contributed by atoms with Crippen LogP contribution in [0.1, 0.15) is 31.7 Å². The number of carbonyl (C=O) groups excluding carboxylic acids is 1. The van der Waals surface area contributed by atoms with Crippen molar-refractivity contribution in [3.8, 4) is 0 Å². The highest BCUT2D eigenvalue weighted by atomic mass is 16.2. The highest BCUT2D eigenvalue weighted by Gasteiger charge is 2.27. The van der Waals surface area contributed by atoms with Crippen molar-refractivity contribution in [1.82, 2.24) is 19.8 Å². The van der Waals surface area contributed by atoms with Gasteiger partial charge in [-0.25, -0.2) is 4.98 Å². The standard InChI is InChI=1S/C19H26N4O/c1-15-13-22(16(2)24)10-8-18(15)21-12-19-20-9-11-23(19)14-17-6-4-3-5-7-17/h3-7,9,11,15,18,21H,8,10,12-14H2,1-2H3/t15-,18+/m1/s1. The van der Waals surface area contributed by atoms with E-state index >= 15 is 0 Å². The zero-order valence-corrected chi connectivity index (χ0v) is 14.5. The van der Waals surface area contributed by atoms with Gasteiger partial charge >= 0.3 is 0 Å². The van der Waals surface area contributed by atoms with E-state index in [9.17, 15) is 4.79 Å². The summed E-state index contributed by atoms with van der Waals surface area (Å²) < 4.78 is 2.19. The van der Waals surface area contributed by atoms with E-state index in [0.29, 0.717) is 12.0 Å². The molecule has 0 saturated carbocycles. The summed E-state index contributed by atoms with van der Waals surface area (Å²) in [6.07, 6.45) is 4.90. The molecule has 1 saturated heterocycles. The van der Waals surface area contributed by atoms with Crippen LogP contribution in [0.5, 0.6) is 0 Å². The summed E-state index contributed by atoms with van der Waals surface area (Å²) in [6, 6.07) is 10.9. The first-order valence-corrected chi connectivity index (χ1v) is 8.66. The van der Waals surface area contributed by atoms with Gasteiger partial charge < -0.3 is 14.8 Å². The normalized spacial score (nSPS) is 21.0. The van der Waals surface area contributed by atoms with Gasteiger partial charge in [-0.15, -0.1) is 0 Å². The second-order valence-electron chi connectivity index (χ2n) is 6.68. The van der Waals surface area contributed by atoms with Crippen LogP contribution in [0.4, 0.5) is 0 Å². The van der Waals surface area contributed by atoms with Gasteiger partial charge in [0.05, 0.1) is 6.54 Å². The topological polar surface area (TPSA) is 50.2 Å². The first-order valence-electron chi connectivity index (χ1n) is 8.66. The maximum Gasteiger partial charge on any atom is 0.219 e. The molecule has 2 heterocycles. The third kappa shape index (κ3) is 4.03. The van der Waals surface area contributed by atoms with Gasteiger partial charge in [0, 0.05) is 45.0 Å². The van der Waals surface area contributed by atoms with E-state index in [0.717, 1.165) is 38.4 Å². The number of likely N-dealkylation sites (tertiary alicyclic amines) is 1. The van der Waals surface area contributed by atoms with Crippen molar-refractivity contribution >= 4 is 5.91 Å². The lowest BCUT2D eigenvalue weighted by atomic mass is 9.94. The monoisotopic (exact) mass is 326 g/mol. The van der Waals surface area contributed by atoms with Crippen molar-refractivity contribution in [2.75, 3.05) is 13.1 Å². The summed E-state index contributed by atoms with van der Waals surface area (Å²) in [6.45, 7) is 7.15. The van der Waals surface area contributed by atoms with Crippen LogP contribution in [0.2, 0.25) is 0 Å². The van der Waals surface area contributed by atoms with Gasteiger partial charge in [0.1, 0.15) is 5.82 Å². The Morgan fingerprint density at radius 1 is 1.33 bits per heavy atom. The summed E-state index contributed by atoms with van der Waals surface area (Å²) in [5.74, 6) is 1.69. The lowest BCUT2D eigenvalue weighted by Gasteiger charge is -2.37. The number of aromatic nitrogens is 2. The fourth-order valence-corrected chi connectivity index (χ4v) is 3.39. The summed E-state index contributed by atoms with van der Waals surface area (Å²) in [5, 5.41) is 3.64. The Labute approximate surface area is 143 Å². The van der Waals surface area contributed by atoms with Gasteiger partial charge in [0.25, 0.3) is 0 Å². The number of piperidine rings is 1. The maximum atomic E-state index is 11.5. The third-order valence-electron chi connectivity index (χ3n) is 4.87. The second kappa shape index (κ2) is 7.62. The molecule has 1 aromatic carbocycles. The molecule has 24 heavy (non-hydrogen) atoms. The summed E-state index contributed by atoms with van der Waals surface area (Å²) in [4.78, 5) is 18.0. The Morgan fingerprint density at radius 3 is 2.83 bits per heavy atom. The van der Waals surface area contributed by atoms with Crippen LogP contribution < -0.4 is 5.32 Å². The number of rotatable bonds is 5. The minimum atomic E-state index is 0.179. The van der Waals surface area contributed by atoms with Gasteiger partial charge in [0.15, 0.2) is 0 Å². The molecule has 3 rings (SSSR count). The summed E-state index contributed by atoms with van der Waals surface area (Å²) >= 11 is 0. The van der Waals surface area contributed by atoms with E-state index < -0.39 is 0 Å². The SMILES string of the molecule is CC(=O)N1CC[C@H](NCc2nccn2Cc2ccccc2)[C@H](C)C1. The maximum absolute atomic E-state index is 11.5. The molecule has 5 heteroatoms. The molecule has 0 aliphatic carbocycles. The number of imidazole rings is 1. The molecule has 5 nitrogen and oxygen atoms in total. The number of carbonyl (C=O) groups is 1. The quantitative estimate of drug-likeness (QED) is 0.917. The van der Waals surface area contributed by atoms with Crippen molar-refractivity contribution in [1.29, 1.82) is 0 Å². The molecule has 1 aliphatic heterocycles. The Bertz CT molecular complexity index is 667. The fourth-order valence-electron chi connectivity index (χ4n) is 3.39. The molecule has 0 spiro atoms. The molecule has 0 unspecified atom stereocenters. The molecule has 2 atom stereocenters. The van der Waals surface area contributed by atoms with Crippen LogP contribution in [-0.2, 0) is 17.9 Å². The third-order valence-corrected chi connectivity index (χ3v) is 4.87. The van der Waals surface area contributed by atoms with Gasteiger partial charge in [-0.1, -0.05) is 37.3 Å². The number of benzene rings is 1. The van der Waals surface area contributed by atoms with Crippen LogP contribution in [0, 0.1) is 5.92 Å². The molecule has 1 N–H and O–H groups in total. The van der Waals surface area contributed by atoms with Crippen LogP contribution >= 0.6 is 0 Å². The molecular weight excluding hydrogens is 300 g/mol. The first-order chi connectivity index (χ1) is 11.6. The highest BCUT2D eigenvalue weighted by molar-refractivity contribution is 5.73. The number of hydrogen-bond acceptors (Lipinski definition) is 3. The average Bonchev–Trinajstić information content (AvgIpc) is 3.01. The van der Waals surface area contributed by atoms with Crippen LogP contribution in [0.15, 0.2) is 42.7 Å². The first kappa shape index (κ1) is 16.7. The molecule has 1 aromatic heterocycles. The Kier molecular flexibility index (Phi) is 5.30. The van der Waals surface area contributed by atoms with Crippen molar-refractivity contribution in [2.24, 2.45) is 5.92 Å². The minimum absolute atomic E-state index is 0.179. The van der Waals surface area contributed by atoms with Crippen LogP contribution in [-0.4, -0.2) is 39.5 Å². The van der Waals surface area contributed by atoms with Crippen molar-refractivity contribution in [3.63, 3.8) is 0 Å². The highest BCUT2D eigenvalue weighted by Crippen LogP contribution is 2.17. The van der Waals surface area contributed by atoms with Crippen molar-refractivity contribution in [3.05, 3.63) is 54.1 Å². The Hall–Kier alpha value is -2.14. The second-order valence-corrected chi connectivity index (χ2v) is 6.68.